The van der Waals surface area contributed by atoms with Crippen molar-refractivity contribution in [2.24, 2.45) is 5.92 Å². The van der Waals surface area contributed by atoms with Crippen molar-refractivity contribution in [2.45, 2.75) is 79.6 Å². The highest BCUT2D eigenvalue weighted by atomic mass is 16.3. The molecule has 0 amide bonds. The zero-order chi connectivity index (χ0) is 24.0. The van der Waals surface area contributed by atoms with Gasteiger partial charge in [-0.05, 0) is 88.5 Å². The number of phenols is 2. The van der Waals surface area contributed by atoms with Gasteiger partial charge in [0, 0.05) is 21.5 Å². The molecule has 0 atom stereocenters. The van der Waals surface area contributed by atoms with Gasteiger partial charge in [0.2, 0.25) is 0 Å². The number of fused-ring (bicyclic) bond motifs is 2. The fourth-order valence-electron chi connectivity index (χ4n) is 4.48. The Balaban J connectivity index is 1.81. The van der Waals surface area contributed by atoms with Gasteiger partial charge in [-0.25, -0.2) is 0 Å². The first-order valence-corrected chi connectivity index (χ1v) is 12.4. The van der Waals surface area contributed by atoms with E-state index in [2.05, 4.69) is 65.0 Å². The summed E-state index contributed by atoms with van der Waals surface area (Å²) in [4.78, 5) is 0. The molecule has 0 fully saturated rings. The van der Waals surface area contributed by atoms with E-state index < -0.39 is 0 Å². The number of hydrogen-bond donors (Lipinski definition) is 2. The predicted molar refractivity (Wildman–Crippen MR) is 143 cm³/mol. The Kier molecular flexibility index (Phi) is 8.61. The van der Waals surface area contributed by atoms with Crippen LogP contribution in [0, 0.1) is 5.92 Å². The van der Waals surface area contributed by atoms with Crippen LogP contribution in [0.1, 0.15) is 77.8 Å². The molecule has 0 aromatic heterocycles. The molecule has 176 valence electrons. The Morgan fingerprint density at radius 2 is 1.33 bits per heavy atom. The second-order valence-corrected chi connectivity index (χ2v) is 10.2. The lowest BCUT2D eigenvalue weighted by molar-refractivity contribution is 0.478. The zero-order valence-corrected chi connectivity index (χ0v) is 21.0. The molecular weight excluding hydrogens is 404 g/mol. The molecule has 0 aliphatic carbocycles. The van der Waals surface area contributed by atoms with E-state index >= 15 is 0 Å². The average Bonchev–Trinajstić information content (AvgIpc) is 2.77. The van der Waals surface area contributed by atoms with E-state index in [1.165, 1.54) is 28.7 Å². The van der Waals surface area contributed by atoms with Gasteiger partial charge in [-0.2, -0.15) is 0 Å². The second-order valence-electron chi connectivity index (χ2n) is 10.2. The van der Waals surface area contributed by atoms with Crippen molar-refractivity contribution < 1.29 is 10.2 Å². The maximum atomic E-state index is 11.1. The smallest absolute Gasteiger partial charge is 0.131 e. The first-order chi connectivity index (χ1) is 15.8. The Hall–Kier alpha value is -2.74. The molecule has 33 heavy (non-hydrogen) atoms. The molecule has 0 aliphatic rings. The highest BCUT2D eigenvalue weighted by Crippen LogP contribution is 2.42. The Bertz CT molecular complexity index is 1160. The molecule has 0 radical (unpaired) electrons. The van der Waals surface area contributed by atoms with Crippen LogP contribution < -0.4 is 0 Å². The SMILES string of the molecule is CC(C)=CCCC(C)=CCCc1ccc2c(O)c3ccc(CCCC(C)C)cc3c(O)c2c1. The lowest BCUT2D eigenvalue weighted by Crippen LogP contribution is -1.92. The van der Waals surface area contributed by atoms with Crippen LogP contribution in [0.3, 0.4) is 0 Å². The van der Waals surface area contributed by atoms with E-state index in [0.717, 1.165) is 54.7 Å². The maximum absolute atomic E-state index is 11.1. The van der Waals surface area contributed by atoms with Gasteiger partial charge in [-0.1, -0.05) is 67.8 Å². The number of aryl methyl sites for hydroxylation is 2. The Morgan fingerprint density at radius 3 is 1.91 bits per heavy atom. The van der Waals surface area contributed by atoms with Crippen LogP contribution in [-0.4, -0.2) is 10.2 Å². The van der Waals surface area contributed by atoms with E-state index in [4.69, 9.17) is 0 Å². The molecule has 2 N–H and O–H groups in total. The largest absolute Gasteiger partial charge is 0.507 e. The monoisotopic (exact) mass is 444 g/mol. The third-order valence-corrected chi connectivity index (χ3v) is 6.45. The van der Waals surface area contributed by atoms with E-state index in [-0.39, 0.29) is 11.5 Å². The highest BCUT2D eigenvalue weighted by Gasteiger charge is 2.14. The molecule has 0 spiro atoms. The number of allylic oxidation sites excluding steroid dienone is 4. The summed E-state index contributed by atoms with van der Waals surface area (Å²) < 4.78 is 0. The van der Waals surface area contributed by atoms with Crippen LogP contribution in [-0.2, 0) is 12.8 Å². The molecular formula is C31H40O2. The standard InChI is InChI=1S/C31H40O2/c1-21(2)9-6-11-23(5)12-8-14-25-16-18-27-29(20-25)31(33)28-19-24(13-7-10-22(3)4)15-17-26(28)30(27)32/h9,12,15-20,22,32-33H,6-8,10-11,13-14H2,1-5H3. The van der Waals surface area contributed by atoms with E-state index in [1.54, 1.807) is 0 Å². The van der Waals surface area contributed by atoms with Gasteiger partial charge in [0.1, 0.15) is 11.5 Å². The van der Waals surface area contributed by atoms with Gasteiger partial charge in [0.05, 0.1) is 0 Å². The summed E-state index contributed by atoms with van der Waals surface area (Å²) in [5.74, 6) is 1.23. The molecule has 0 bridgehead atoms. The van der Waals surface area contributed by atoms with Crippen molar-refractivity contribution in [3.63, 3.8) is 0 Å². The van der Waals surface area contributed by atoms with Crippen LogP contribution in [0.4, 0.5) is 0 Å². The van der Waals surface area contributed by atoms with Crippen molar-refractivity contribution in [3.05, 3.63) is 70.8 Å². The van der Waals surface area contributed by atoms with Gasteiger partial charge in [-0.3, -0.25) is 0 Å². The fraction of sp³-hybridized carbons (Fsp3) is 0.419. The van der Waals surface area contributed by atoms with Gasteiger partial charge in [-0.15, -0.1) is 0 Å². The lowest BCUT2D eigenvalue weighted by atomic mass is 9.95. The highest BCUT2D eigenvalue weighted by molar-refractivity contribution is 6.10. The zero-order valence-electron chi connectivity index (χ0n) is 21.0. The van der Waals surface area contributed by atoms with E-state index in [0.29, 0.717) is 11.3 Å². The summed E-state index contributed by atoms with van der Waals surface area (Å²) in [5.41, 5.74) is 5.18. The minimum atomic E-state index is 0.257. The number of phenolic OH excluding ortho intramolecular Hbond substituents is 2. The molecule has 0 saturated heterocycles. The summed E-state index contributed by atoms with van der Waals surface area (Å²) in [6, 6.07) is 12.1. The van der Waals surface area contributed by atoms with E-state index in [1.807, 2.05) is 18.2 Å². The maximum Gasteiger partial charge on any atom is 0.131 e. The Labute approximate surface area is 199 Å². The van der Waals surface area contributed by atoms with Gasteiger partial charge in [0.25, 0.3) is 0 Å². The van der Waals surface area contributed by atoms with Crippen molar-refractivity contribution in [3.8, 4) is 11.5 Å². The van der Waals surface area contributed by atoms with Crippen molar-refractivity contribution in [1.82, 2.24) is 0 Å². The molecule has 2 heteroatoms. The summed E-state index contributed by atoms with van der Waals surface area (Å²) in [5, 5.41) is 24.9. The molecule has 0 saturated carbocycles. The molecule has 0 aliphatic heterocycles. The van der Waals surface area contributed by atoms with Crippen LogP contribution in [0.2, 0.25) is 0 Å². The quantitative estimate of drug-likeness (QED) is 0.186. The minimum absolute atomic E-state index is 0.257. The molecule has 0 heterocycles. The summed E-state index contributed by atoms with van der Waals surface area (Å²) in [6.45, 7) is 11.0. The molecule has 3 aromatic rings. The first kappa shape index (κ1) is 24.9. The average molecular weight is 445 g/mol. The number of hydrogen-bond acceptors (Lipinski definition) is 2. The summed E-state index contributed by atoms with van der Waals surface area (Å²) in [7, 11) is 0. The fourth-order valence-corrected chi connectivity index (χ4v) is 4.48. The second kappa shape index (κ2) is 11.4. The third kappa shape index (κ3) is 6.63. The van der Waals surface area contributed by atoms with Crippen LogP contribution in [0.15, 0.2) is 59.7 Å². The lowest BCUT2D eigenvalue weighted by Gasteiger charge is -2.13. The predicted octanol–water partition coefficient (Wildman–Crippen LogP) is 9.01. The summed E-state index contributed by atoms with van der Waals surface area (Å²) >= 11 is 0. The van der Waals surface area contributed by atoms with Crippen molar-refractivity contribution >= 4 is 21.5 Å². The van der Waals surface area contributed by atoms with Gasteiger partial charge >= 0.3 is 0 Å². The van der Waals surface area contributed by atoms with Crippen LogP contribution in [0.5, 0.6) is 11.5 Å². The molecule has 3 aromatic carbocycles. The third-order valence-electron chi connectivity index (χ3n) is 6.45. The number of aromatic hydroxyl groups is 2. The normalized spacial score (nSPS) is 12.1. The molecule has 3 rings (SSSR count). The summed E-state index contributed by atoms with van der Waals surface area (Å²) in [6.07, 6.45) is 12.0. The van der Waals surface area contributed by atoms with Crippen LogP contribution >= 0.6 is 0 Å². The van der Waals surface area contributed by atoms with Gasteiger partial charge < -0.3 is 10.2 Å². The van der Waals surface area contributed by atoms with Crippen molar-refractivity contribution in [2.75, 3.05) is 0 Å². The first-order valence-electron chi connectivity index (χ1n) is 12.4. The molecule has 2 nitrogen and oxygen atoms in total. The topological polar surface area (TPSA) is 40.5 Å². The Morgan fingerprint density at radius 1 is 0.758 bits per heavy atom. The van der Waals surface area contributed by atoms with Crippen molar-refractivity contribution in [1.29, 1.82) is 0 Å². The number of rotatable bonds is 10. The van der Waals surface area contributed by atoms with E-state index in [9.17, 15) is 10.2 Å². The van der Waals surface area contributed by atoms with Gasteiger partial charge in [0.15, 0.2) is 0 Å². The number of benzene rings is 3. The minimum Gasteiger partial charge on any atom is -0.507 e. The van der Waals surface area contributed by atoms with Crippen LogP contribution in [0.25, 0.3) is 21.5 Å². The molecule has 0 unspecified atom stereocenters.